The normalized spacial score (nSPS) is 16.3. The van der Waals surface area contributed by atoms with Gasteiger partial charge in [-0.25, -0.2) is 9.78 Å². The molecule has 0 radical (unpaired) electrons. The molecule has 1 aromatic heterocycles. The lowest BCUT2D eigenvalue weighted by Crippen LogP contribution is -2.29. The number of nitrogens with one attached hydrogen (secondary N) is 2. The molecule has 188 valence electrons. The Balaban J connectivity index is 1.14. The summed E-state index contributed by atoms with van der Waals surface area (Å²) in [6, 6.07) is 19.2. The first-order chi connectivity index (χ1) is 18.0. The highest BCUT2D eigenvalue weighted by Crippen LogP contribution is 2.30. The van der Waals surface area contributed by atoms with Gasteiger partial charge in [-0.15, -0.1) is 0 Å². The smallest absolute Gasteiger partial charge is 0.415 e. The number of carbonyl (C=O) groups is 2. The standard InChI is InChI=1S/C27H25N5O5/c1-35-23-12-19(5-6-20(23)13-28)18-4-2-3-17(11-18)14-29-10-9-21-15-32(27(34)37-21)24-8-7-22-26(30-24)31-25(33)16-36-22/h2-8,11-12,21,29H,9-10,14-16H2,1H3,(H,30,31,33)/t21-/m0/s1. The number of hydrogen-bond acceptors (Lipinski definition) is 8. The molecule has 1 saturated heterocycles. The van der Waals surface area contributed by atoms with E-state index in [1.54, 1.807) is 25.3 Å². The first-order valence-corrected chi connectivity index (χ1v) is 11.8. The van der Waals surface area contributed by atoms with Gasteiger partial charge in [0.15, 0.2) is 18.2 Å². The zero-order chi connectivity index (χ0) is 25.8. The van der Waals surface area contributed by atoms with E-state index in [2.05, 4.69) is 27.8 Å². The maximum absolute atomic E-state index is 12.4. The molecule has 1 fully saturated rings. The van der Waals surface area contributed by atoms with Gasteiger partial charge in [0.05, 0.1) is 19.2 Å². The van der Waals surface area contributed by atoms with Crippen LogP contribution < -0.4 is 25.0 Å². The van der Waals surface area contributed by atoms with Crippen molar-refractivity contribution in [2.24, 2.45) is 0 Å². The first-order valence-electron chi connectivity index (χ1n) is 11.8. The van der Waals surface area contributed by atoms with Crippen LogP contribution in [-0.2, 0) is 16.1 Å². The molecule has 3 heterocycles. The van der Waals surface area contributed by atoms with Crippen molar-refractivity contribution in [3.05, 3.63) is 65.7 Å². The average molecular weight is 500 g/mol. The molecule has 2 aliphatic heterocycles. The Morgan fingerprint density at radius 3 is 2.89 bits per heavy atom. The summed E-state index contributed by atoms with van der Waals surface area (Å²) in [7, 11) is 1.55. The Labute approximate surface area is 213 Å². The molecule has 1 atom stereocenters. The third kappa shape index (κ3) is 5.32. The van der Waals surface area contributed by atoms with Crippen LogP contribution >= 0.6 is 0 Å². The Kier molecular flexibility index (Phi) is 6.87. The number of amides is 2. The highest BCUT2D eigenvalue weighted by Gasteiger charge is 2.33. The number of benzene rings is 2. The van der Waals surface area contributed by atoms with Crippen molar-refractivity contribution in [1.29, 1.82) is 5.26 Å². The summed E-state index contributed by atoms with van der Waals surface area (Å²) in [5.41, 5.74) is 3.60. The fraction of sp³-hybridized carbons (Fsp3) is 0.259. The Morgan fingerprint density at radius 2 is 2.05 bits per heavy atom. The third-order valence-corrected chi connectivity index (χ3v) is 6.17. The van der Waals surface area contributed by atoms with Crippen LogP contribution in [0.2, 0.25) is 0 Å². The number of fused-ring (bicyclic) bond motifs is 1. The summed E-state index contributed by atoms with van der Waals surface area (Å²) >= 11 is 0. The van der Waals surface area contributed by atoms with E-state index in [4.69, 9.17) is 14.2 Å². The predicted octanol–water partition coefficient (Wildman–Crippen LogP) is 3.46. The number of hydrogen-bond donors (Lipinski definition) is 2. The molecule has 0 saturated carbocycles. The molecule has 2 aromatic carbocycles. The van der Waals surface area contributed by atoms with Crippen molar-refractivity contribution >= 4 is 23.6 Å². The van der Waals surface area contributed by atoms with Crippen LogP contribution in [0.1, 0.15) is 17.5 Å². The van der Waals surface area contributed by atoms with Gasteiger partial charge in [-0.2, -0.15) is 5.26 Å². The van der Waals surface area contributed by atoms with Gasteiger partial charge in [-0.1, -0.05) is 24.3 Å². The summed E-state index contributed by atoms with van der Waals surface area (Å²) in [6.45, 7) is 1.63. The molecule has 2 aliphatic rings. The largest absolute Gasteiger partial charge is 0.495 e. The minimum absolute atomic E-state index is 0.0522. The molecule has 3 aromatic rings. The predicted molar refractivity (Wildman–Crippen MR) is 135 cm³/mol. The summed E-state index contributed by atoms with van der Waals surface area (Å²) in [5, 5.41) is 15.3. The zero-order valence-electron chi connectivity index (χ0n) is 20.2. The van der Waals surface area contributed by atoms with Gasteiger partial charge in [0.25, 0.3) is 5.91 Å². The maximum atomic E-state index is 12.4. The molecule has 37 heavy (non-hydrogen) atoms. The molecule has 10 nitrogen and oxygen atoms in total. The van der Waals surface area contributed by atoms with E-state index < -0.39 is 6.09 Å². The molecule has 0 unspecified atom stereocenters. The van der Waals surface area contributed by atoms with Crippen molar-refractivity contribution in [2.75, 3.05) is 37.0 Å². The summed E-state index contributed by atoms with van der Waals surface area (Å²) in [6.07, 6.45) is -0.105. The van der Waals surface area contributed by atoms with Crippen LogP contribution in [0, 0.1) is 11.3 Å². The molecule has 5 rings (SSSR count). The van der Waals surface area contributed by atoms with Gasteiger partial charge in [0.2, 0.25) is 0 Å². The van der Waals surface area contributed by atoms with Crippen LogP contribution in [-0.4, -0.2) is 49.9 Å². The minimum Gasteiger partial charge on any atom is -0.495 e. The number of cyclic esters (lactones) is 1. The topological polar surface area (TPSA) is 126 Å². The van der Waals surface area contributed by atoms with Crippen molar-refractivity contribution in [3.63, 3.8) is 0 Å². The number of pyridine rings is 1. The Morgan fingerprint density at radius 1 is 1.19 bits per heavy atom. The van der Waals surface area contributed by atoms with Gasteiger partial charge >= 0.3 is 6.09 Å². The second-order valence-electron chi connectivity index (χ2n) is 8.66. The third-order valence-electron chi connectivity index (χ3n) is 6.17. The number of rotatable bonds is 8. The number of aromatic nitrogens is 1. The fourth-order valence-electron chi connectivity index (χ4n) is 4.28. The summed E-state index contributed by atoms with van der Waals surface area (Å²) in [5.74, 6) is 1.44. The van der Waals surface area contributed by atoms with Crippen LogP contribution in [0.3, 0.4) is 0 Å². The number of nitrogens with zero attached hydrogens (tertiary/aromatic N) is 3. The van der Waals surface area contributed by atoms with E-state index in [0.29, 0.717) is 54.8 Å². The average Bonchev–Trinajstić information content (AvgIpc) is 3.30. The van der Waals surface area contributed by atoms with E-state index in [9.17, 15) is 14.9 Å². The van der Waals surface area contributed by atoms with Crippen LogP contribution in [0.15, 0.2) is 54.6 Å². The van der Waals surface area contributed by atoms with Crippen LogP contribution in [0.25, 0.3) is 11.1 Å². The van der Waals surface area contributed by atoms with Crippen LogP contribution in [0.4, 0.5) is 16.4 Å². The Bertz CT molecular complexity index is 1390. The molecule has 0 aliphatic carbocycles. The Hall–Kier alpha value is -4.62. The van der Waals surface area contributed by atoms with E-state index in [1.807, 2.05) is 30.3 Å². The van der Waals surface area contributed by atoms with Gasteiger partial charge in [0, 0.05) is 6.54 Å². The molecule has 2 N–H and O–H groups in total. The second kappa shape index (κ2) is 10.6. The lowest BCUT2D eigenvalue weighted by atomic mass is 10.0. The SMILES string of the molecule is COc1cc(-c2cccc(CNCC[C@H]3CN(c4ccc5c(n4)NC(=O)CO5)C(=O)O3)c2)ccc1C#N. The first kappa shape index (κ1) is 24.1. The van der Waals surface area contributed by atoms with Crippen molar-refractivity contribution < 1.29 is 23.8 Å². The molecule has 2 amide bonds. The number of carbonyl (C=O) groups excluding carboxylic acids is 2. The summed E-state index contributed by atoms with van der Waals surface area (Å²) < 4.78 is 16.2. The minimum atomic E-state index is -0.467. The number of ether oxygens (including phenoxy) is 3. The molecular weight excluding hydrogens is 474 g/mol. The lowest BCUT2D eigenvalue weighted by Gasteiger charge is -2.19. The monoisotopic (exact) mass is 499 g/mol. The summed E-state index contributed by atoms with van der Waals surface area (Å²) in [4.78, 5) is 29.8. The second-order valence-corrected chi connectivity index (χ2v) is 8.66. The molecule has 0 spiro atoms. The molecule has 10 heteroatoms. The fourth-order valence-corrected chi connectivity index (χ4v) is 4.28. The zero-order valence-corrected chi connectivity index (χ0v) is 20.2. The maximum Gasteiger partial charge on any atom is 0.415 e. The number of methoxy groups -OCH3 is 1. The van der Waals surface area contributed by atoms with E-state index in [0.717, 1.165) is 16.7 Å². The molecular formula is C27H25N5O5. The highest BCUT2D eigenvalue weighted by atomic mass is 16.6. The number of nitriles is 1. The van der Waals surface area contributed by atoms with Crippen molar-refractivity contribution in [2.45, 2.75) is 19.1 Å². The van der Waals surface area contributed by atoms with E-state index in [1.165, 1.54) is 4.90 Å². The highest BCUT2D eigenvalue weighted by molar-refractivity contribution is 5.95. The van der Waals surface area contributed by atoms with Crippen molar-refractivity contribution in [1.82, 2.24) is 10.3 Å². The molecule has 0 bridgehead atoms. The lowest BCUT2D eigenvalue weighted by molar-refractivity contribution is -0.118. The van der Waals surface area contributed by atoms with Crippen LogP contribution in [0.5, 0.6) is 11.5 Å². The van der Waals surface area contributed by atoms with Gasteiger partial charge < -0.3 is 24.8 Å². The van der Waals surface area contributed by atoms with E-state index >= 15 is 0 Å². The number of anilines is 2. The van der Waals surface area contributed by atoms with Gasteiger partial charge in [-0.3, -0.25) is 9.69 Å². The van der Waals surface area contributed by atoms with Gasteiger partial charge in [-0.05, 0) is 60.0 Å². The van der Waals surface area contributed by atoms with Crippen molar-refractivity contribution in [3.8, 4) is 28.7 Å². The van der Waals surface area contributed by atoms with Gasteiger partial charge in [0.1, 0.15) is 23.7 Å². The quantitative estimate of drug-likeness (QED) is 0.452. The van der Waals surface area contributed by atoms with E-state index in [-0.39, 0.29) is 18.6 Å².